The second-order valence-electron chi connectivity index (χ2n) is 35.4. The summed E-state index contributed by atoms with van der Waals surface area (Å²) in [4.78, 5) is 40.1. The Bertz CT molecular complexity index is 10400. The van der Waals surface area contributed by atoms with Gasteiger partial charge in [-0.1, -0.05) is 352 Å². The fourth-order valence-electron chi connectivity index (χ4n) is 21.4. The van der Waals surface area contributed by atoms with E-state index >= 15 is 0 Å². The molecular formula is C125H70N12S3. The van der Waals surface area contributed by atoms with E-state index in [1.807, 2.05) is 131 Å². The van der Waals surface area contributed by atoms with Gasteiger partial charge in [-0.15, -0.1) is 34.0 Å². The zero-order chi connectivity index (χ0) is 92.3. The van der Waals surface area contributed by atoms with Crippen LogP contribution in [-0.2, 0) is 0 Å². The van der Waals surface area contributed by atoms with Gasteiger partial charge >= 0.3 is 0 Å². The van der Waals surface area contributed by atoms with Crippen molar-refractivity contribution in [2.75, 3.05) is 0 Å². The first-order valence-corrected chi connectivity index (χ1v) is 48.9. The fourth-order valence-corrected chi connectivity index (χ4v) is 25.1. The van der Waals surface area contributed by atoms with Gasteiger partial charge in [0, 0.05) is 127 Å². The van der Waals surface area contributed by atoms with Crippen LogP contribution < -0.4 is 0 Å². The minimum atomic E-state index is 0.555. The number of aromatic nitrogens is 10. The van der Waals surface area contributed by atoms with Gasteiger partial charge < -0.3 is 0 Å². The van der Waals surface area contributed by atoms with Crippen LogP contribution in [0.1, 0.15) is 5.56 Å². The van der Waals surface area contributed by atoms with E-state index < -0.39 is 0 Å². The summed E-state index contributed by atoms with van der Waals surface area (Å²) in [6, 6.07) is 151. The number of hydrogen-bond acceptors (Lipinski definition) is 11. The summed E-state index contributed by atoms with van der Waals surface area (Å²) in [5, 5.41) is 40.1. The number of hydrogen-bond donors (Lipinski definition) is 0. The highest BCUT2D eigenvalue weighted by atomic mass is 32.1. The summed E-state index contributed by atoms with van der Waals surface area (Å²) in [7, 11) is 0. The second-order valence-corrected chi connectivity index (χ2v) is 38.6. The van der Waals surface area contributed by atoms with E-state index in [9.17, 15) is 5.26 Å². The molecule has 9 aromatic heterocycles. The molecule has 0 atom stereocenters. The van der Waals surface area contributed by atoms with Crippen LogP contribution in [0, 0.1) is 17.9 Å². The van der Waals surface area contributed by atoms with Crippen LogP contribution >= 0.6 is 34.0 Å². The lowest BCUT2D eigenvalue weighted by Crippen LogP contribution is -2.06. The number of para-hydroxylation sites is 4. The third-order valence-electron chi connectivity index (χ3n) is 27.7. The maximum atomic E-state index is 9.48. The molecule has 0 amide bonds. The Hall–Kier alpha value is -18.4. The molecule has 0 unspecified atom stereocenters. The molecule has 0 fully saturated rings. The maximum absolute atomic E-state index is 9.48. The molecule has 0 aliphatic carbocycles. The molecule has 21 aromatic carbocycles. The molecule has 9 heterocycles. The molecule has 30 aromatic rings. The quantitative estimate of drug-likeness (QED) is 0.108. The Morgan fingerprint density at radius 2 is 0.686 bits per heavy atom. The van der Waals surface area contributed by atoms with Gasteiger partial charge in [-0.05, 0) is 132 Å². The third kappa shape index (κ3) is 12.7. The van der Waals surface area contributed by atoms with Crippen molar-refractivity contribution in [1.82, 2.24) is 48.6 Å². The second kappa shape index (κ2) is 32.2. The number of benzene rings is 21. The van der Waals surface area contributed by atoms with Gasteiger partial charge in [-0.2, -0.15) is 15.2 Å². The Balaban J connectivity index is 0.000000103. The van der Waals surface area contributed by atoms with Crippen molar-refractivity contribution in [3.8, 4) is 80.5 Å². The molecule has 15 heteroatoms. The van der Waals surface area contributed by atoms with Gasteiger partial charge in [-0.25, -0.2) is 29.8 Å². The van der Waals surface area contributed by atoms with E-state index in [2.05, 4.69) is 352 Å². The summed E-state index contributed by atoms with van der Waals surface area (Å²) in [6.07, 6.45) is 0. The van der Waals surface area contributed by atoms with Gasteiger partial charge in [0.05, 0.1) is 78.6 Å². The first-order chi connectivity index (χ1) is 69.3. The van der Waals surface area contributed by atoms with Crippen LogP contribution in [0.2, 0.25) is 0 Å². The van der Waals surface area contributed by atoms with Crippen LogP contribution in [0.15, 0.2) is 425 Å². The molecule has 140 heavy (non-hydrogen) atoms. The molecule has 0 radical (unpaired) electrons. The van der Waals surface area contributed by atoms with E-state index in [1.165, 1.54) is 152 Å². The van der Waals surface area contributed by atoms with E-state index in [1.54, 1.807) is 0 Å². The average Bonchev–Trinajstić information content (AvgIpc) is 1.53. The van der Waals surface area contributed by atoms with Crippen LogP contribution in [0.5, 0.6) is 0 Å². The van der Waals surface area contributed by atoms with Crippen molar-refractivity contribution in [1.29, 1.82) is 5.26 Å². The maximum Gasteiger partial charge on any atom is 0.238 e. The lowest BCUT2D eigenvalue weighted by Gasteiger charge is -2.13. The monoisotopic (exact) mass is 1830 g/mol. The van der Waals surface area contributed by atoms with E-state index in [4.69, 9.17) is 41.5 Å². The van der Waals surface area contributed by atoms with Crippen molar-refractivity contribution in [3.05, 3.63) is 442 Å². The molecule has 0 spiro atoms. The van der Waals surface area contributed by atoms with Gasteiger partial charge in [0.15, 0.2) is 17.3 Å². The van der Waals surface area contributed by atoms with Gasteiger partial charge in [0.1, 0.15) is 0 Å². The predicted molar refractivity (Wildman–Crippen MR) is 586 cm³/mol. The van der Waals surface area contributed by atoms with Gasteiger partial charge in [0.25, 0.3) is 0 Å². The molecular weight excluding hydrogens is 1770 g/mol. The topological polar surface area (TPSA) is 133 Å². The normalized spacial score (nSPS) is 11.8. The Kier molecular flexibility index (Phi) is 18.4. The molecule has 0 saturated carbocycles. The summed E-state index contributed by atoms with van der Waals surface area (Å²) in [5.41, 5.74) is 15.8. The van der Waals surface area contributed by atoms with Gasteiger partial charge in [0.2, 0.25) is 17.8 Å². The average molecular weight is 1840 g/mol. The first-order valence-electron chi connectivity index (χ1n) is 46.5. The third-order valence-corrected chi connectivity index (χ3v) is 31.2. The standard InChI is InChI=1S/C44H23N5S.C41H24N4S.C40H23N3S/c1-46-30-21-18-29(19-22-30)36-24-35(28-16-14-26(25-45)15-17-28)47-44(48-36)49-37-12-6-4-10-32(37)39-34-23-20-27-8-2-3-9-31(27)40(34)43-41(42(39)49)33-11-5-7-13-38(33)50-43;1-3-14-26(15-4-1)39-42-40(27-16-5-2-6-17-27)44-41(43-39)45-32-21-11-9-19-29(32)35-31-24-23-25-13-7-8-18-28(25)34(31)36-30-20-10-12-22-33(30)46-38(36)37(35)45;1-2-10-24(11-3-1)38-31-14-4-7-15-34(31)41-40(42-38)43-35-16-8-5-12-27(35)30-21-20-26-29(39(30)43)19-18-25-22-37-33(23-32(25)26)28-13-6-9-17-36(28)44-37/h2-24H;1-24H;1-23H. The minimum absolute atomic E-state index is 0.555. The highest BCUT2D eigenvalue weighted by molar-refractivity contribution is 7.27. The molecule has 12 nitrogen and oxygen atoms in total. The lowest BCUT2D eigenvalue weighted by molar-refractivity contribution is 0.955. The SMILES string of the molecule is [C-]#[N+]c1ccc(-c2cc(-c3ccc(C#N)cc3)nc(-n3c4ccccc4c4c5ccc6ccccc6c5c5sc6ccccc6c5c43)n2)cc1.c1ccc(-c2nc(-c3ccccc3)nc(-n3c4ccccc4c4c5ccc6ccccc6c5c5c6ccccc6sc5c43)n2)cc1.c1ccc(-c2nc(-n3c4ccccc4c4ccc5c6cc7c(cc6ccc5c43)sc3ccccc37)nc3ccccc23)cc1. The Labute approximate surface area is 810 Å². The number of thiophene rings is 3. The minimum Gasteiger partial charge on any atom is -0.277 e. The summed E-state index contributed by atoms with van der Waals surface area (Å²) >= 11 is 5.55. The van der Waals surface area contributed by atoms with Crippen molar-refractivity contribution < 1.29 is 0 Å². The number of fused-ring (bicyclic) bond motifs is 35. The van der Waals surface area contributed by atoms with Crippen molar-refractivity contribution in [2.45, 2.75) is 0 Å². The summed E-state index contributed by atoms with van der Waals surface area (Å²) < 4.78 is 14.4. The van der Waals surface area contributed by atoms with E-state index in [0.717, 1.165) is 94.3 Å². The largest absolute Gasteiger partial charge is 0.277 e. The van der Waals surface area contributed by atoms with Crippen LogP contribution in [0.3, 0.4) is 0 Å². The zero-order valence-electron chi connectivity index (χ0n) is 74.5. The Morgan fingerprint density at radius 1 is 0.243 bits per heavy atom. The van der Waals surface area contributed by atoms with Gasteiger partial charge in [-0.3, -0.25) is 13.7 Å². The van der Waals surface area contributed by atoms with E-state index in [-0.39, 0.29) is 0 Å². The molecule has 0 bridgehead atoms. The molecule has 648 valence electrons. The van der Waals surface area contributed by atoms with Crippen molar-refractivity contribution in [2.24, 2.45) is 0 Å². The van der Waals surface area contributed by atoms with E-state index in [0.29, 0.717) is 40.7 Å². The van der Waals surface area contributed by atoms with Crippen LogP contribution in [0.4, 0.5) is 5.69 Å². The molecule has 30 rings (SSSR count). The number of nitriles is 1. The Morgan fingerprint density at radius 3 is 1.31 bits per heavy atom. The number of nitrogens with zero attached hydrogens (tertiary/aromatic N) is 12. The smallest absolute Gasteiger partial charge is 0.238 e. The molecule has 0 saturated heterocycles. The van der Waals surface area contributed by atoms with Crippen LogP contribution in [-0.4, -0.2) is 48.6 Å². The summed E-state index contributed by atoms with van der Waals surface area (Å²) in [5.74, 6) is 3.14. The lowest BCUT2D eigenvalue weighted by atomic mass is 9.94. The van der Waals surface area contributed by atoms with Crippen molar-refractivity contribution in [3.63, 3.8) is 0 Å². The number of rotatable bonds is 8. The molecule has 0 aliphatic rings. The highest BCUT2D eigenvalue weighted by Gasteiger charge is 2.30. The predicted octanol–water partition coefficient (Wildman–Crippen LogP) is 34.0. The highest BCUT2D eigenvalue weighted by Crippen LogP contribution is 2.53. The first kappa shape index (κ1) is 80.1. The molecule has 0 aliphatic heterocycles. The van der Waals surface area contributed by atoms with Crippen molar-refractivity contribution >= 4 is 241 Å². The summed E-state index contributed by atoms with van der Waals surface area (Å²) in [6.45, 7) is 7.47. The zero-order valence-corrected chi connectivity index (χ0v) is 77.0. The van der Waals surface area contributed by atoms with Crippen LogP contribution in [0.25, 0.3) is 281 Å². The molecule has 0 N–H and O–H groups in total. The fraction of sp³-hybridized carbons (Fsp3) is 0.